The molecule has 4 aliphatic heterocycles. The van der Waals surface area contributed by atoms with Gasteiger partial charge >= 0.3 is 0 Å². The van der Waals surface area contributed by atoms with Crippen molar-refractivity contribution in [3.8, 4) is 0 Å². The zero-order chi connectivity index (χ0) is 35.7. The standard InChI is InChI=1S/C41H42FN3O5Si/c1-26-39(51(2,3)42)36(22-23-46)50-41(26)32-24-31(45-34-11-7-5-9-29(34)15-21-38(45)48)18-19-35(32)43(40(41)49)25-27-12-16-30(17-13-27)44-33-10-6-4-8-28(33)14-20-37(44)47/h4-13,16-19,24,26,36,39,46H,14-15,20-23,25H2,1-3H3/t26-,36+,39-,41+/m1/s1. The van der Waals surface area contributed by atoms with Crippen LogP contribution in [0.4, 0.5) is 32.5 Å². The molecule has 0 unspecified atom stereocenters. The number of ether oxygens (including phenoxy) is 1. The van der Waals surface area contributed by atoms with Gasteiger partial charge in [0.15, 0.2) is 5.60 Å². The van der Waals surface area contributed by atoms with Crippen LogP contribution in [0.5, 0.6) is 0 Å². The lowest BCUT2D eigenvalue weighted by Crippen LogP contribution is -2.45. The molecule has 8 rings (SSSR count). The molecule has 0 aliphatic carbocycles. The molecule has 51 heavy (non-hydrogen) atoms. The van der Waals surface area contributed by atoms with Crippen LogP contribution in [0.2, 0.25) is 18.6 Å². The number of nitrogens with zero attached hydrogens (tertiary/aromatic N) is 3. The van der Waals surface area contributed by atoms with Crippen molar-refractivity contribution in [2.45, 2.75) is 75.9 Å². The molecular formula is C41H42FN3O5Si. The maximum atomic E-state index is 16.2. The average molecular weight is 704 g/mol. The minimum atomic E-state index is -3.39. The first-order valence-corrected chi connectivity index (χ1v) is 20.8. The van der Waals surface area contributed by atoms with Crippen molar-refractivity contribution in [3.63, 3.8) is 0 Å². The molecule has 10 heteroatoms. The zero-order valence-corrected chi connectivity index (χ0v) is 30.1. The number of amides is 3. The maximum Gasteiger partial charge on any atom is 0.264 e. The molecule has 0 aromatic heterocycles. The monoisotopic (exact) mass is 703 g/mol. The number of carbonyl (C=O) groups excluding carboxylic acids is 3. The number of aryl methyl sites for hydroxylation is 2. The minimum absolute atomic E-state index is 0.0347. The highest BCUT2D eigenvalue weighted by Gasteiger charge is 2.66. The van der Waals surface area contributed by atoms with Gasteiger partial charge in [-0.25, -0.2) is 0 Å². The van der Waals surface area contributed by atoms with E-state index in [2.05, 4.69) is 6.07 Å². The lowest BCUT2D eigenvalue weighted by atomic mass is 9.82. The Kier molecular flexibility index (Phi) is 8.24. The number of aliphatic hydroxyl groups excluding tert-OH is 1. The first-order chi connectivity index (χ1) is 24.5. The van der Waals surface area contributed by atoms with Gasteiger partial charge in [-0.2, -0.15) is 0 Å². The number of anilines is 5. The predicted octanol–water partition coefficient (Wildman–Crippen LogP) is 7.61. The molecule has 8 nitrogen and oxygen atoms in total. The Morgan fingerprint density at radius 3 is 1.94 bits per heavy atom. The van der Waals surface area contributed by atoms with Crippen LogP contribution < -0.4 is 14.7 Å². The summed E-state index contributed by atoms with van der Waals surface area (Å²) in [5, 5.41) is 10.0. The summed E-state index contributed by atoms with van der Waals surface area (Å²) in [6.45, 7) is 5.23. The SMILES string of the molecule is C[C@@H]1[C@@H]([Si](C)(C)F)[C@H](CCO)O[C@@]12C(=O)N(Cc1ccc(N3C(=O)CCc4ccccc43)cc1)c1ccc(N3C(=O)CCc4ccccc43)cc12. The van der Waals surface area contributed by atoms with E-state index in [0.717, 1.165) is 33.8 Å². The average Bonchev–Trinajstić information content (AvgIpc) is 3.54. The van der Waals surface area contributed by atoms with Crippen LogP contribution in [0.3, 0.4) is 0 Å². The Morgan fingerprint density at radius 1 is 0.784 bits per heavy atom. The highest BCUT2D eigenvalue weighted by atomic mass is 28.4. The van der Waals surface area contributed by atoms with Gasteiger partial charge in [0.05, 0.1) is 29.7 Å². The van der Waals surface area contributed by atoms with Crippen LogP contribution in [0.25, 0.3) is 0 Å². The van der Waals surface area contributed by atoms with Crippen molar-refractivity contribution in [1.82, 2.24) is 0 Å². The van der Waals surface area contributed by atoms with E-state index < -0.39 is 31.6 Å². The van der Waals surface area contributed by atoms with Gasteiger partial charge in [-0.1, -0.05) is 55.5 Å². The molecule has 262 valence electrons. The van der Waals surface area contributed by atoms with Gasteiger partial charge in [-0.15, -0.1) is 0 Å². The Balaban J connectivity index is 1.20. The first-order valence-electron chi connectivity index (χ1n) is 17.9. The van der Waals surface area contributed by atoms with Gasteiger partial charge in [0.25, 0.3) is 5.91 Å². The summed E-state index contributed by atoms with van der Waals surface area (Å²) < 4.78 is 23.0. The minimum Gasteiger partial charge on any atom is -0.396 e. The molecule has 4 aromatic carbocycles. The van der Waals surface area contributed by atoms with Crippen molar-refractivity contribution in [2.75, 3.05) is 21.3 Å². The molecule has 1 spiro atoms. The molecule has 1 saturated heterocycles. The molecule has 4 aliphatic rings. The van der Waals surface area contributed by atoms with Gasteiger partial charge in [0, 0.05) is 47.8 Å². The number of benzene rings is 4. The summed E-state index contributed by atoms with van der Waals surface area (Å²) in [5.41, 5.74) is 5.38. The Labute approximate surface area is 298 Å². The van der Waals surface area contributed by atoms with Gasteiger partial charge in [0.1, 0.15) is 0 Å². The van der Waals surface area contributed by atoms with E-state index in [-0.39, 0.29) is 37.3 Å². The number of hydrogen-bond acceptors (Lipinski definition) is 5. The highest BCUT2D eigenvalue weighted by molar-refractivity contribution is 6.72. The largest absolute Gasteiger partial charge is 0.396 e. The summed E-state index contributed by atoms with van der Waals surface area (Å²) >= 11 is 0. The number of carbonyl (C=O) groups is 3. The third-order valence-corrected chi connectivity index (χ3v) is 13.8. The number of rotatable bonds is 7. The van der Waals surface area contributed by atoms with Crippen LogP contribution >= 0.6 is 0 Å². The smallest absolute Gasteiger partial charge is 0.264 e. The second-order valence-electron chi connectivity index (χ2n) is 14.8. The topological polar surface area (TPSA) is 90.4 Å². The number of para-hydroxylation sites is 2. The molecule has 0 saturated carbocycles. The van der Waals surface area contributed by atoms with Gasteiger partial charge in [-0.05, 0) is 91.5 Å². The molecule has 0 radical (unpaired) electrons. The fourth-order valence-electron chi connectivity index (χ4n) is 9.08. The Hall–Kier alpha value is -4.64. The first kappa shape index (κ1) is 33.5. The third kappa shape index (κ3) is 5.34. The van der Waals surface area contributed by atoms with Crippen molar-refractivity contribution < 1.29 is 28.3 Å². The van der Waals surface area contributed by atoms with Crippen LogP contribution in [-0.2, 0) is 44.1 Å². The van der Waals surface area contributed by atoms with E-state index in [1.54, 1.807) is 27.8 Å². The number of fused-ring (bicyclic) bond motifs is 4. The van der Waals surface area contributed by atoms with E-state index in [9.17, 15) is 19.5 Å². The van der Waals surface area contributed by atoms with Crippen molar-refractivity contribution in [3.05, 3.63) is 113 Å². The molecule has 4 atom stereocenters. The fourth-order valence-corrected chi connectivity index (χ4v) is 11.6. The summed E-state index contributed by atoms with van der Waals surface area (Å²) in [7, 11) is -3.39. The summed E-state index contributed by atoms with van der Waals surface area (Å²) in [4.78, 5) is 46.7. The van der Waals surface area contributed by atoms with Crippen LogP contribution in [0.1, 0.15) is 48.4 Å². The summed E-state index contributed by atoms with van der Waals surface area (Å²) in [6.07, 6.45) is 1.75. The zero-order valence-electron chi connectivity index (χ0n) is 29.1. The highest BCUT2D eigenvalue weighted by Crippen LogP contribution is 2.61. The maximum absolute atomic E-state index is 16.2. The molecule has 4 heterocycles. The quantitative estimate of drug-likeness (QED) is 0.158. The van der Waals surface area contributed by atoms with Crippen molar-refractivity contribution in [2.24, 2.45) is 5.92 Å². The lowest BCUT2D eigenvalue weighted by Gasteiger charge is -2.32. The van der Waals surface area contributed by atoms with E-state index >= 15 is 4.11 Å². The van der Waals surface area contributed by atoms with Crippen LogP contribution in [0.15, 0.2) is 91.0 Å². The number of halogens is 1. The van der Waals surface area contributed by atoms with Crippen LogP contribution in [0, 0.1) is 5.92 Å². The molecule has 4 aromatic rings. The Bertz CT molecular complexity index is 2050. The molecule has 0 bridgehead atoms. The number of aliphatic hydroxyl groups is 1. The Morgan fingerprint density at radius 2 is 1.35 bits per heavy atom. The second kappa shape index (κ2) is 12.5. The van der Waals surface area contributed by atoms with Crippen molar-refractivity contribution >= 4 is 54.6 Å². The summed E-state index contributed by atoms with van der Waals surface area (Å²) in [6, 6.07) is 29.1. The van der Waals surface area contributed by atoms with E-state index in [1.807, 2.05) is 91.9 Å². The molecule has 1 fully saturated rings. The van der Waals surface area contributed by atoms with Crippen molar-refractivity contribution in [1.29, 1.82) is 0 Å². The second-order valence-corrected chi connectivity index (χ2v) is 18.6. The molecule has 1 N–H and O–H groups in total. The predicted molar refractivity (Wildman–Crippen MR) is 198 cm³/mol. The normalized spacial score (nSPS) is 24.3. The third-order valence-electron chi connectivity index (χ3n) is 11.3. The molecular weight excluding hydrogens is 662 g/mol. The summed E-state index contributed by atoms with van der Waals surface area (Å²) in [5.74, 6) is -0.798. The van der Waals surface area contributed by atoms with E-state index in [0.29, 0.717) is 42.6 Å². The number of hydrogen-bond donors (Lipinski definition) is 1. The fraction of sp³-hybridized carbons (Fsp3) is 0.341. The molecule has 3 amide bonds. The van der Waals surface area contributed by atoms with Gasteiger partial charge in [-0.3, -0.25) is 24.2 Å². The lowest BCUT2D eigenvalue weighted by molar-refractivity contribution is -0.146. The van der Waals surface area contributed by atoms with Crippen LogP contribution in [-0.4, -0.2) is 43.9 Å². The van der Waals surface area contributed by atoms with Gasteiger partial charge in [0.2, 0.25) is 20.2 Å². The van der Waals surface area contributed by atoms with E-state index in [1.165, 1.54) is 0 Å². The van der Waals surface area contributed by atoms with Gasteiger partial charge < -0.3 is 18.9 Å². The van der Waals surface area contributed by atoms with E-state index in [4.69, 9.17) is 4.74 Å².